The number of amides is 1. The van der Waals surface area contributed by atoms with E-state index in [0.717, 1.165) is 37.7 Å². The van der Waals surface area contributed by atoms with Crippen molar-refractivity contribution in [3.8, 4) is 0 Å². The van der Waals surface area contributed by atoms with Crippen molar-refractivity contribution < 1.29 is 14.3 Å². The molecule has 0 radical (unpaired) electrons. The first-order valence-electron chi connectivity index (χ1n) is 11.8. The van der Waals surface area contributed by atoms with Crippen LogP contribution in [0.4, 0.5) is 0 Å². The van der Waals surface area contributed by atoms with Crippen LogP contribution in [0, 0.1) is 34.5 Å². The Morgan fingerprint density at radius 3 is 2.50 bits per heavy atom. The Morgan fingerprint density at radius 1 is 1.10 bits per heavy atom. The summed E-state index contributed by atoms with van der Waals surface area (Å²) in [6, 6.07) is 0. The fraction of sp³-hybridized carbons (Fsp3) is 0.769. The van der Waals surface area contributed by atoms with Crippen LogP contribution in [0.3, 0.4) is 0 Å². The van der Waals surface area contributed by atoms with E-state index in [9.17, 15) is 9.59 Å². The SMILES string of the molecule is COC(=O)C1=CC2=CC[C@@H]3[C@@H](CC[C@]4(C)C(C(=O)NC(C)(C)C)CC[C@@H]34)[C@@]2(C)CC1. The molecule has 4 aliphatic carbocycles. The molecule has 1 unspecified atom stereocenters. The largest absolute Gasteiger partial charge is 0.466 e. The first-order valence-corrected chi connectivity index (χ1v) is 11.8. The molecule has 6 atom stereocenters. The minimum absolute atomic E-state index is 0.111. The second-order valence-corrected chi connectivity index (χ2v) is 11.8. The zero-order valence-electron chi connectivity index (χ0n) is 19.6. The van der Waals surface area contributed by atoms with Crippen LogP contribution in [-0.2, 0) is 14.3 Å². The Balaban J connectivity index is 1.59. The van der Waals surface area contributed by atoms with Crippen molar-refractivity contribution in [1.82, 2.24) is 5.32 Å². The van der Waals surface area contributed by atoms with Crippen molar-refractivity contribution in [3.63, 3.8) is 0 Å². The molecule has 30 heavy (non-hydrogen) atoms. The van der Waals surface area contributed by atoms with E-state index in [1.807, 2.05) is 0 Å². The van der Waals surface area contributed by atoms with E-state index in [1.54, 1.807) is 0 Å². The van der Waals surface area contributed by atoms with Gasteiger partial charge in [0.1, 0.15) is 0 Å². The van der Waals surface area contributed by atoms with Gasteiger partial charge in [-0.1, -0.05) is 19.9 Å². The zero-order chi connectivity index (χ0) is 21.9. The second kappa shape index (κ2) is 7.24. The van der Waals surface area contributed by atoms with Crippen LogP contribution in [0.1, 0.15) is 79.6 Å². The molecule has 0 saturated heterocycles. The van der Waals surface area contributed by atoms with Gasteiger partial charge in [0.2, 0.25) is 5.91 Å². The Kier molecular flexibility index (Phi) is 5.22. The molecule has 0 spiro atoms. The first kappa shape index (κ1) is 21.6. The lowest BCUT2D eigenvalue weighted by Gasteiger charge is -2.57. The number of ether oxygens (including phenoxy) is 1. The third-order valence-electron chi connectivity index (χ3n) is 9.03. The van der Waals surface area contributed by atoms with E-state index >= 15 is 0 Å². The van der Waals surface area contributed by atoms with Crippen LogP contribution in [0.15, 0.2) is 23.3 Å². The highest BCUT2D eigenvalue weighted by Gasteiger charge is 2.59. The highest BCUT2D eigenvalue weighted by molar-refractivity contribution is 5.89. The molecule has 0 aromatic rings. The average molecular weight is 414 g/mol. The Morgan fingerprint density at radius 2 is 1.83 bits per heavy atom. The number of methoxy groups -OCH3 is 1. The van der Waals surface area contributed by atoms with Gasteiger partial charge in [0.25, 0.3) is 0 Å². The predicted octanol–water partition coefficient (Wildman–Crippen LogP) is 5.19. The van der Waals surface area contributed by atoms with Crippen molar-refractivity contribution in [2.75, 3.05) is 7.11 Å². The fourth-order valence-electron chi connectivity index (χ4n) is 7.50. The summed E-state index contributed by atoms with van der Waals surface area (Å²) in [5.74, 6) is 2.13. The number of rotatable bonds is 2. The molecule has 0 aliphatic heterocycles. The number of esters is 1. The van der Waals surface area contributed by atoms with Crippen molar-refractivity contribution >= 4 is 11.9 Å². The molecule has 2 saturated carbocycles. The smallest absolute Gasteiger partial charge is 0.333 e. The van der Waals surface area contributed by atoms with Gasteiger partial charge in [0, 0.05) is 17.0 Å². The van der Waals surface area contributed by atoms with Crippen LogP contribution >= 0.6 is 0 Å². The number of fused-ring (bicyclic) bond motifs is 5. The summed E-state index contributed by atoms with van der Waals surface area (Å²) in [6.07, 6.45) is 11.9. The summed E-state index contributed by atoms with van der Waals surface area (Å²) < 4.78 is 4.98. The van der Waals surface area contributed by atoms with Crippen LogP contribution < -0.4 is 5.32 Å². The maximum atomic E-state index is 13.1. The van der Waals surface area contributed by atoms with Gasteiger partial charge in [-0.05, 0) is 106 Å². The third-order valence-corrected chi connectivity index (χ3v) is 9.03. The summed E-state index contributed by atoms with van der Waals surface area (Å²) in [6.45, 7) is 11.0. The van der Waals surface area contributed by atoms with E-state index in [1.165, 1.54) is 25.5 Å². The monoisotopic (exact) mass is 413 g/mol. The minimum Gasteiger partial charge on any atom is -0.466 e. The minimum atomic E-state index is -0.181. The summed E-state index contributed by atoms with van der Waals surface area (Å²) >= 11 is 0. The molecule has 0 aromatic heterocycles. The van der Waals surface area contributed by atoms with Gasteiger partial charge in [-0.25, -0.2) is 4.79 Å². The molecule has 4 heteroatoms. The molecule has 1 N–H and O–H groups in total. The summed E-state index contributed by atoms with van der Waals surface area (Å²) in [7, 11) is 1.47. The van der Waals surface area contributed by atoms with Crippen molar-refractivity contribution in [1.29, 1.82) is 0 Å². The maximum Gasteiger partial charge on any atom is 0.333 e. The van der Waals surface area contributed by atoms with Crippen molar-refractivity contribution in [2.45, 2.75) is 85.1 Å². The molecular formula is C26H39NO3. The Bertz CT molecular complexity index is 804. The standard InChI is InChI=1S/C26H39NO3/c1-24(2,3)27-22(28)21-10-9-19-18-8-7-17-15-16(23(29)30-6)11-13-25(17,4)20(18)12-14-26(19,21)5/h7,15,18-21H,8-14H2,1-6H3,(H,27,28)/t18-,19-,20+,21?,25-,26-/m0/s1. The Hall–Kier alpha value is -1.58. The van der Waals surface area contributed by atoms with Gasteiger partial charge < -0.3 is 10.1 Å². The summed E-state index contributed by atoms with van der Waals surface area (Å²) in [5, 5.41) is 3.26. The van der Waals surface area contributed by atoms with Crippen LogP contribution in [-0.4, -0.2) is 24.5 Å². The normalized spacial score (nSPS) is 40.3. The number of nitrogens with one attached hydrogen (secondary N) is 1. The number of carbonyl (C=O) groups excluding carboxylic acids is 2. The van der Waals surface area contributed by atoms with Gasteiger partial charge in [0.15, 0.2) is 0 Å². The lowest BCUT2D eigenvalue weighted by molar-refractivity contribution is -0.136. The molecule has 4 nitrogen and oxygen atoms in total. The zero-order valence-corrected chi connectivity index (χ0v) is 19.6. The summed E-state index contributed by atoms with van der Waals surface area (Å²) in [4.78, 5) is 25.2. The van der Waals surface area contributed by atoms with Crippen LogP contribution in [0.5, 0.6) is 0 Å². The van der Waals surface area contributed by atoms with E-state index in [4.69, 9.17) is 4.74 Å². The first-order chi connectivity index (χ1) is 14.0. The van der Waals surface area contributed by atoms with Gasteiger partial charge >= 0.3 is 5.97 Å². The Labute approximate surface area is 181 Å². The number of hydrogen-bond acceptors (Lipinski definition) is 3. The molecule has 2 fully saturated rings. The lowest BCUT2D eigenvalue weighted by Crippen LogP contribution is -2.52. The van der Waals surface area contributed by atoms with Gasteiger partial charge in [-0.3, -0.25) is 4.79 Å². The van der Waals surface area contributed by atoms with Gasteiger partial charge in [-0.15, -0.1) is 0 Å². The molecule has 0 heterocycles. The van der Waals surface area contributed by atoms with Crippen LogP contribution in [0.25, 0.3) is 0 Å². The number of carbonyl (C=O) groups is 2. The maximum absolute atomic E-state index is 13.1. The molecular weight excluding hydrogens is 374 g/mol. The quantitative estimate of drug-likeness (QED) is 0.634. The van der Waals surface area contributed by atoms with Crippen molar-refractivity contribution in [2.24, 2.45) is 34.5 Å². The molecule has 4 rings (SSSR count). The summed E-state index contributed by atoms with van der Waals surface area (Å²) in [5.41, 5.74) is 2.25. The second-order valence-electron chi connectivity index (χ2n) is 11.8. The number of hydrogen-bond donors (Lipinski definition) is 1. The lowest BCUT2D eigenvalue weighted by atomic mass is 9.48. The number of allylic oxidation sites excluding steroid dienone is 3. The van der Waals surface area contributed by atoms with E-state index in [2.05, 4.69) is 52.1 Å². The molecule has 0 bridgehead atoms. The third kappa shape index (κ3) is 3.35. The highest BCUT2D eigenvalue weighted by atomic mass is 16.5. The molecule has 4 aliphatic rings. The van der Waals surface area contributed by atoms with E-state index in [0.29, 0.717) is 17.8 Å². The van der Waals surface area contributed by atoms with Crippen LogP contribution in [0.2, 0.25) is 0 Å². The van der Waals surface area contributed by atoms with E-state index < -0.39 is 0 Å². The van der Waals surface area contributed by atoms with Gasteiger partial charge in [-0.2, -0.15) is 0 Å². The molecule has 1 amide bonds. The predicted molar refractivity (Wildman–Crippen MR) is 119 cm³/mol. The topological polar surface area (TPSA) is 55.4 Å². The fourth-order valence-corrected chi connectivity index (χ4v) is 7.50. The van der Waals surface area contributed by atoms with Crippen molar-refractivity contribution in [3.05, 3.63) is 23.3 Å². The molecule has 0 aromatic carbocycles. The highest BCUT2D eigenvalue weighted by Crippen LogP contribution is 2.66. The average Bonchev–Trinajstić information content (AvgIpc) is 3.02. The van der Waals surface area contributed by atoms with Gasteiger partial charge in [0.05, 0.1) is 7.11 Å². The van der Waals surface area contributed by atoms with E-state index in [-0.39, 0.29) is 34.2 Å². The molecule has 166 valence electrons.